The van der Waals surface area contributed by atoms with Gasteiger partial charge in [-0.2, -0.15) is 5.10 Å². The molecule has 0 aliphatic rings. The first-order valence-electron chi connectivity index (χ1n) is 9.74. The predicted octanol–water partition coefficient (Wildman–Crippen LogP) is 5.51. The van der Waals surface area contributed by atoms with Crippen LogP contribution >= 0.6 is 0 Å². The molecule has 0 fully saturated rings. The average Bonchev–Trinajstić information content (AvgIpc) is 3.10. The summed E-state index contributed by atoms with van der Waals surface area (Å²) in [5.41, 5.74) is 1.71. The molecule has 152 valence electrons. The highest BCUT2D eigenvalue weighted by molar-refractivity contribution is 6.03. The summed E-state index contributed by atoms with van der Waals surface area (Å²) in [5, 5.41) is 8.85. The number of nitrogens with zero attached hydrogens (tertiary/aromatic N) is 2. The van der Waals surface area contributed by atoms with Crippen molar-refractivity contribution < 1.29 is 13.9 Å². The topological polar surface area (TPSA) is 56.1 Å². The Labute approximate surface area is 174 Å². The smallest absolute Gasteiger partial charge is 0.274 e. The van der Waals surface area contributed by atoms with Gasteiger partial charge in [0, 0.05) is 5.69 Å². The zero-order valence-corrected chi connectivity index (χ0v) is 17.0. The molecule has 0 radical (unpaired) electrons. The first-order chi connectivity index (χ1) is 14.4. The first kappa shape index (κ1) is 19.6. The largest absolute Gasteiger partial charge is 0.491 e. The molecule has 1 N–H and O–H groups in total. The minimum Gasteiger partial charge on any atom is -0.491 e. The van der Waals surface area contributed by atoms with E-state index >= 15 is 0 Å². The molecule has 0 aliphatic carbocycles. The summed E-state index contributed by atoms with van der Waals surface area (Å²) < 4.78 is 21.8. The van der Waals surface area contributed by atoms with E-state index in [4.69, 9.17) is 4.74 Å². The third-order valence-corrected chi connectivity index (χ3v) is 4.59. The quantitative estimate of drug-likeness (QED) is 0.478. The Balaban J connectivity index is 1.65. The summed E-state index contributed by atoms with van der Waals surface area (Å²) in [6.07, 6.45) is 0.0691. The molecular formula is C24H22FN3O2. The fourth-order valence-electron chi connectivity index (χ4n) is 3.29. The zero-order valence-electron chi connectivity index (χ0n) is 17.0. The standard InChI is InChI=1S/C24H22FN3O2/c1-15(2)30-20-10-8-19(9-11-20)26-24(29)23-12-16(3)27-28(23)22-14-18-7-5-4-6-17(18)13-21(22)25/h4-15H,1-3H3,(H,26,29). The van der Waals surface area contributed by atoms with E-state index in [1.165, 1.54) is 10.7 Å². The number of rotatable bonds is 5. The van der Waals surface area contributed by atoms with Gasteiger partial charge in [0.1, 0.15) is 22.9 Å². The number of hydrogen-bond acceptors (Lipinski definition) is 3. The molecule has 4 aromatic rings. The van der Waals surface area contributed by atoms with Crippen molar-refractivity contribution in [3.8, 4) is 11.4 Å². The number of anilines is 1. The number of nitrogens with one attached hydrogen (secondary N) is 1. The van der Waals surface area contributed by atoms with Gasteiger partial charge in [0.15, 0.2) is 0 Å². The number of halogens is 1. The van der Waals surface area contributed by atoms with Crippen LogP contribution in [0.3, 0.4) is 0 Å². The molecule has 1 heterocycles. The van der Waals surface area contributed by atoms with Crippen molar-refractivity contribution in [1.82, 2.24) is 9.78 Å². The highest BCUT2D eigenvalue weighted by Gasteiger charge is 2.18. The van der Waals surface area contributed by atoms with Crippen molar-refractivity contribution in [2.75, 3.05) is 5.32 Å². The lowest BCUT2D eigenvalue weighted by molar-refractivity contribution is 0.101. The van der Waals surface area contributed by atoms with Gasteiger partial charge >= 0.3 is 0 Å². The van der Waals surface area contributed by atoms with Gasteiger partial charge in [0.25, 0.3) is 5.91 Å². The third-order valence-electron chi connectivity index (χ3n) is 4.59. The van der Waals surface area contributed by atoms with E-state index in [0.717, 1.165) is 16.5 Å². The van der Waals surface area contributed by atoms with Gasteiger partial charge in [-0.15, -0.1) is 0 Å². The van der Waals surface area contributed by atoms with E-state index in [1.807, 2.05) is 38.1 Å². The number of hydrogen-bond donors (Lipinski definition) is 1. The maximum atomic E-state index is 14.8. The lowest BCUT2D eigenvalue weighted by Gasteiger charge is -2.12. The summed E-state index contributed by atoms with van der Waals surface area (Å²) in [6, 6.07) is 19.4. The van der Waals surface area contributed by atoms with Crippen molar-refractivity contribution in [2.45, 2.75) is 26.9 Å². The van der Waals surface area contributed by atoms with Gasteiger partial charge in [-0.1, -0.05) is 24.3 Å². The Morgan fingerprint density at radius 2 is 1.70 bits per heavy atom. The molecule has 1 amide bonds. The van der Waals surface area contributed by atoms with Crippen LogP contribution < -0.4 is 10.1 Å². The van der Waals surface area contributed by atoms with Crippen molar-refractivity contribution in [3.05, 3.63) is 83.9 Å². The molecule has 0 spiro atoms. The number of aryl methyl sites for hydroxylation is 1. The molecule has 5 nitrogen and oxygen atoms in total. The second kappa shape index (κ2) is 7.99. The van der Waals surface area contributed by atoms with Gasteiger partial charge in [0.2, 0.25) is 0 Å². The molecule has 30 heavy (non-hydrogen) atoms. The van der Waals surface area contributed by atoms with Crippen LogP contribution in [0.1, 0.15) is 30.0 Å². The second-order valence-corrected chi connectivity index (χ2v) is 7.38. The predicted molar refractivity (Wildman–Crippen MR) is 116 cm³/mol. The monoisotopic (exact) mass is 403 g/mol. The zero-order chi connectivity index (χ0) is 21.3. The number of ether oxygens (including phenoxy) is 1. The van der Waals surface area contributed by atoms with E-state index in [0.29, 0.717) is 11.4 Å². The molecule has 0 unspecified atom stereocenters. The second-order valence-electron chi connectivity index (χ2n) is 7.38. The first-order valence-corrected chi connectivity index (χ1v) is 9.74. The molecule has 4 rings (SSSR count). The Kier molecular flexibility index (Phi) is 5.23. The maximum absolute atomic E-state index is 14.8. The van der Waals surface area contributed by atoms with E-state index in [-0.39, 0.29) is 23.4 Å². The fourth-order valence-corrected chi connectivity index (χ4v) is 3.29. The van der Waals surface area contributed by atoms with Crippen LogP contribution in [-0.2, 0) is 0 Å². The molecule has 0 aliphatic heterocycles. The van der Waals surface area contributed by atoms with Crippen LogP contribution in [0, 0.1) is 12.7 Å². The van der Waals surface area contributed by atoms with Crippen molar-refractivity contribution in [2.24, 2.45) is 0 Å². The number of carbonyl (C=O) groups excluding carboxylic acids is 1. The molecule has 6 heteroatoms. The van der Waals surface area contributed by atoms with Crippen LogP contribution in [0.2, 0.25) is 0 Å². The van der Waals surface area contributed by atoms with Gasteiger partial charge in [0.05, 0.1) is 11.8 Å². The average molecular weight is 403 g/mol. The van der Waals surface area contributed by atoms with Crippen LogP contribution in [-0.4, -0.2) is 21.8 Å². The molecule has 3 aromatic carbocycles. The molecule has 0 bridgehead atoms. The Bertz CT molecular complexity index is 1210. The molecule has 0 saturated carbocycles. The van der Waals surface area contributed by atoms with Crippen molar-refractivity contribution in [1.29, 1.82) is 0 Å². The normalized spacial score (nSPS) is 11.1. The van der Waals surface area contributed by atoms with E-state index < -0.39 is 5.82 Å². The molecular weight excluding hydrogens is 381 g/mol. The van der Waals surface area contributed by atoms with Crippen molar-refractivity contribution in [3.63, 3.8) is 0 Å². The Morgan fingerprint density at radius 1 is 1.03 bits per heavy atom. The van der Waals surface area contributed by atoms with E-state index in [1.54, 1.807) is 43.3 Å². The van der Waals surface area contributed by atoms with Gasteiger partial charge in [-0.25, -0.2) is 9.07 Å². The number of carbonyl (C=O) groups is 1. The van der Waals surface area contributed by atoms with Crippen LogP contribution in [0.15, 0.2) is 66.7 Å². The van der Waals surface area contributed by atoms with Gasteiger partial charge in [-0.05, 0) is 74.0 Å². The van der Waals surface area contributed by atoms with Gasteiger partial charge in [-0.3, -0.25) is 4.79 Å². The minimum atomic E-state index is -0.443. The van der Waals surface area contributed by atoms with Crippen LogP contribution in [0.4, 0.5) is 10.1 Å². The Hall–Kier alpha value is -3.67. The number of benzene rings is 3. The van der Waals surface area contributed by atoms with E-state index in [9.17, 15) is 9.18 Å². The summed E-state index contributed by atoms with van der Waals surface area (Å²) in [7, 11) is 0. The molecule has 1 aromatic heterocycles. The van der Waals surface area contributed by atoms with Crippen LogP contribution in [0.25, 0.3) is 16.5 Å². The Morgan fingerprint density at radius 3 is 2.37 bits per heavy atom. The fraction of sp³-hybridized carbons (Fsp3) is 0.167. The minimum absolute atomic E-state index is 0.0691. The third kappa shape index (κ3) is 4.03. The highest BCUT2D eigenvalue weighted by atomic mass is 19.1. The SMILES string of the molecule is Cc1cc(C(=O)Nc2ccc(OC(C)C)cc2)n(-c2cc3ccccc3cc2F)n1. The summed E-state index contributed by atoms with van der Waals surface area (Å²) in [6.45, 7) is 5.67. The summed E-state index contributed by atoms with van der Waals surface area (Å²) in [5.74, 6) is -0.0937. The summed E-state index contributed by atoms with van der Waals surface area (Å²) >= 11 is 0. The van der Waals surface area contributed by atoms with Crippen molar-refractivity contribution >= 4 is 22.4 Å². The van der Waals surface area contributed by atoms with Gasteiger partial charge < -0.3 is 10.1 Å². The molecule has 0 atom stereocenters. The maximum Gasteiger partial charge on any atom is 0.274 e. The lowest BCUT2D eigenvalue weighted by atomic mass is 10.1. The van der Waals surface area contributed by atoms with E-state index in [2.05, 4.69) is 10.4 Å². The number of aromatic nitrogens is 2. The number of amides is 1. The molecule has 0 saturated heterocycles. The summed E-state index contributed by atoms with van der Waals surface area (Å²) in [4.78, 5) is 12.9. The number of fused-ring (bicyclic) bond motifs is 1. The highest BCUT2D eigenvalue weighted by Crippen LogP contribution is 2.24. The lowest BCUT2D eigenvalue weighted by Crippen LogP contribution is -2.17. The van der Waals surface area contributed by atoms with Crippen LogP contribution in [0.5, 0.6) is 5.75 Å².